The summed E-state index contributed by atoms with van der Waals surface area (Å²) in [5.41, 5.74) is -0.291. The Morgan fingerprint density at radius 3 is 2.63 bits per heavy atom. The lowest BCUT2D eigenvalue weighted by Gasteiger charge is -2.14. The van der Waals surface area contributed by atoms with Crippen molar-refractivity contribution in [2.45, 2.75) is 19.9 Å². The highest BCUT2D eigenvalue weighted by molar-refractivity contribution is 5.85. The van der Waals surface area contributed by atoms with Gasteiger partial charge in [-0.1, -0.05) is 0 Å². The fourth-order valence-corrected chi connectivity index (χ4v) is 1.44. The van der Waals surface area contributed by atoms with Gasteiger partial charge in [0.05, 0.1) is 4.92 Å². The van der Waals surface area contributed by atoms with Crippen molar-refractivity contribution in [3.63, 3.8) is 0 Å². The number of amides is 1. The van der Waals surface area contributed by atoms with Crippen LogP contribution < -0.4 is 16.0 Å². The third-order valence-corrected chi connectivity index (χ3v) is 2.34. The van der Waals surface area contributed by atoms with E-state index in [0.717, 1.165) is 0 Å². The highest BCUT2D eigenvalue weighted by Crippen LogP contribution is 2.28. The van der Waals surface area contributed by atoms with Crippen molar-refractivity contribution in [1.82, 2.24) is 15.3 Å². The number of nitrogens with one attached hydrogen (secondary N) is 3. The lowest BCUT2D eigenvalue weighted by molar-refractivity contribution is -0.383. The van der Waals surface area contributed by atoms with E-state index in [1.807, 2.05) is 0 Å². The van der Waals surface area contributed by atoms with Crippen LogP contribution in [0.25, 0.3) is 0 Å². The predicted molar refractivity (Wildman–Crippen MR) is 70.0 cm³/mol. The Kier molecular flexibility index (Phi) is 4.98. The zero-order valence-electron chi connectivity index (χ0n) is 10.9. The molecule has 1 unspecified atom stereocenters. The topological polar surface area (TPSA) is 122 Å². The van der Waals surface area contributed by atoms with Crippen LogP contribution in [0.3, 0.4) is 0 Å². The average molecular weight is 268 g/mol. The van der Waals surface area contributed by atoms with Gasteiger partial charge < -0.3 is 16.0 Å². The molecule has 19 heavy (non-hydrogen) atoms. The Morgan fingerprint density at radius 1 is 1.47 bits per heavy atom. The standard InChI is InChI=1S/C10H16N6O3/c1-4-12-10(17)6(2)15-9-7(16(18)19)8(11-3)13-5-14-9/h5-6H,4H2,1-3H3,(H,12,17)(H2,11,13,14,15). The van der Waals surface area contributed by atoms with Gasteiger partial charge in [-0.05, 0) is 13.8 Å². The SMILES string of the molecule is CCNC(=O)C(C)Nc1ncnc(NC)c1[N+](=O)[O-]. The molecule has 0 aliphatic rings. The van der Waals surface area contributed by atoms with Crippen molar-refractivity contribution in [3.8, 4) is 0 Å². The summed E-state index contributed by atoms with van der Waals surface area (Å²) < 4.78 is 0. The quantitative estimate of drug-likeness (QED) is 0.503. The van der Waals surface area contributed by atoms with Crippen molar-refractivity contribution < 1.29 is 9.72 Å². The van der Waals surface area contributed by atoms with Gasteiger partial charge in [0.25, 0.3) is 0 Å². The molecule has 9 heteroatoms. The third kappa shape index (κ3) is 3.50. The van der Waals surface area contributed by atoms with E-state index in [4.69, 9.17) is 0 Å². The van der Waals surface area contributed by atoms with Crippen molar-refractivity contribution >= 4 is 23.2 Å². The minimum absolute atomic E-state index is 0.00287. The number of rotatable bonds is 6. The van der Waals surface area contributed by atoms with Crippen LogP contribution in [0.4, 0.5) is 17.3 Å². The molecule has 1 aromatic rings. The molecule has 9 nitrogen and oxygen atoms in total. The first kappa shape index (κ1) is 14.6. The van der Waals surface area contributed by atoms with Crippen LogP contribution in [-0.4, -0.2) is 40.4 Å². The lowest BCUT2D eigenvalue weighted by Crippen LogP contribution is -2.37. The van der Waals surface area contributed by atoms with Gasteiger partial charge in [-0.2, -0.15) is 0 Å². The van der Waals surface area contributed by atoms with Crippen molar-refractivity contribution in [3.05, 3.63) is 16.4 Å². The maximum Gasteiger partial charge on any atom is 0.353 e. The van der Waals surface area contributed by atoms with Crippen LogP contribution in [0.15, 0.2) is 6.33 Å². The molecule has 1 aromatic heterocycles. The fraction of sp³-hybridized carbons (Fsp3) is 0.500. The Hall–Kier alpha value is -2.45. The zero-order valence-corrected chi connectivity index (χ0v) is 10.9. The molecule has 0 fully saturated rings. The van der Waals surface area contributed by atoms with Gasteiger partial charge >= 0.3 is 5.69 Å². The summed E-state index contributed by atoms with van der Waals surface area (Å²) in [4.78, 5) is 29.6. The first-order valence-corrected chi connectivity index (χ1v) is 5.72. The summed E-state index contributed by atoms with van der Waals surface area (Å²) in [5.74, 6) is -0.171. The summed E-state index contributed by atoms with van der Waals surface area (Å²) in [6.07, 6.45) is 1.19. The molecule has 0 aliphatic heterocycles. The highest BCUT2D eigenvalue weighted by Gasteiger charge is 2.24. The minimum Gasteiger partial charge on any atom is -0.367 e. The van der Waals surface area contributed by atoms with Crippen molar-refractivity contribution in [1.29, 1.82) is 0 Å². The number of nitrogens with zero attached hydrogens (tertiary/aromatic N) is 3. The summed E-state index contributed by atoms with van der Waals surface area (Å²) in [5, 5.41) is 19.0. The molecular formula is C10H16N6O3. The molecule has 0 radical (unpaired) electrons. The van der Waals surface area contributed by atoms with E-state index in [0.29, 0.717) is 6.54 Å². The van der Waals surface area contributed by atoms with Gasteiger partial charge in [0.2, 0.25) is 17.5 Å². The Bertz CT molecular complexity index is 478. The number of carbonyl (C=O) groups is 1. The third-order valence-electron chi connectivity index (χ3n) is 2.34. The molecule has 1 heterocycles. The molecule has 0 aromatic carbocycles. The molecule has 0 saturated carbocycles. The first-order valence-electron chi connectivity index (χ1n) is 5.72. The average Bonchev–Trinajstić information content (AvgIpc) is 2.38. The van der Waals surface area contributed by atoms with Crippen LogP contribution in [0.1, 0.15) is 13.8 Å². The van der Waals surface area contributed by atoms with Crippen LogP contribution >= 0.6 is 0 Å². The summed E-state index contributed by atoms with van der Waals surface area (Å²) >= 11 is 0. The predicted octanol–water partition coefficient (Wildman–Crippen LogP) is 0.363. The summed E-state index contributed by atoms with van der Waals surface area (Å²) in [7, 11) is 1.52. The van der Waals surface area contributed by atoms with E-state index in [1.165, 1.54) is 13.4 Å². The smallest absolute Gasteiger partial charge is 0.353 e. The molecule has 104 valence electrons. The van der Waals surface area contributed by atoms with Gasteiger partial charge in [-0.25, -0.2) is 9.97 Å². The number of carbonyl (C=O) groups excluding carboxylic acids is 1. The van der Waals surface area contributed by atoms with Crippen LogP contribution in [0.5, 0.6) is 0 Å². The van der Waals surface area contributed by atoms with Gasteiger partial charge in [-0.3, -0.25) is 14.9 Å². The molecule has 1 atom stereocenters. The van der Waals surface area contributed by atoms with E-state index < -0.39 is 11.0 Å². The molecule has 0 saturated heterocycles. The van der Waals surface area contributed by atoms with E-state index >= 15 is 0 Å². The fourth-order valence-electron chi connectivity index (χ4n) is 1.44. The maximum absolute atomic E-state index is 11.6. The highest BCUT2D eigenvalue weighted by atomic mass is 16.6. The molecule has 0 aliphatic carbocycles. The van der Waals surface area contributed by atoms with Crippen molar-refractivity contribution in [2.75, 3.05) is 24.2 Å². The first-order chi connectivity index (χ1) is 9.01. The lowest BCUT2D eigenvalue weighted by atomic mass is 10.3. The second kappa shape index (κ2) is 6.47. The van der Waals surface area contributed by atoms with Crippen LogP contribution in [0, 0.1) is 10.1 Å². The summed E-state index contributed by atoms with van der Waals surface area (Å²) in [6, 6.07) is -0.641. The van der Waals surface area contributed by atoms with Crippen LogP contribution in [0.2, 0.25) is 0 Å². The van der Waals surface area contributed by atoms with Gasteiger partial charge in [0.1, 0.15) is 12.4 Å². The largest absolute Gasteiger partial charge is 0.367 e. The Labute approximate surface area is 110 Å². The second-order valence-electron chi connectivity index (χ2n) is 3.69. The molecule has 0 bridgehead atoms. The number of aromatic nitrogens is 2. The van der Waals surface area contributed by atoms with E-state index in [1.54, 1.807) is 13.8 Å². The van der Waals surface area contributed by atoms with E-state index in [2.05, 4.69) is 25.9 Å². The van der Waals surface area contributed by atoms with Crippen LogP contribution in [-0.2, 0) is 4.79 Å². The minimum atomic E-state index is -0.641. The normalized spacial score (nSPS) is 11.5. The summed E-state index contributed by atoms with van der Waals surface area (Å²) in [6.45, 7) is 3.87. The van der Waals surface area contributed by atoms with Gasteiger partial charge in [0.15, 0.2) is 0 Å². The number of anilines is 2. The van der Waals surface area contributed by atoms with Crippen molar-refractivity contribution in [2.24, 2.45) is 0 Å². The Morgan fingerprint density at radius 2 is 2.11 bits per heavy atom. The monoisotopic (exact) mass is 268 g/mol. The molecule has 1 rings (SSSR count). The van der Waals surface area contributed by atoms with E-state index in [9.17, 15) is 14.9 Å². The second-order valence-corrected chi connectivity index (χ2v) is 3.69. The zero-order chi connectivity index (χ0) is 14.4. The van der Waals surface area contributed by atoms with E-state index in [-0.39, 0.29) is 23.2 Å². The molecular weight excluding hydrogens is 252 g/mol. The number of likely N-dealkylation sites (N-methyl/N-ethyl adjacent to an activating group) is 1. The number of nitro groups is 1. The number of hydrogen-bond acceptors (Lipinski definition) is 7. The molecule has 0 spiro atoms. The molecule has 1 amide bonds. The van der Waals surface area contributed by atoms with Gasteiger partial charge in [-0.15, -0.1) is 0 Å². The number of hydrogen-bond donors (Lipinski definition) is 3. The molecule has 3 N–H and O–H groups in total. The Balaban J connectivity index is 3.01. The van der Waals surface area contributed by atoms with Gasteiger partial charge in [0, 0.05) is 13.6 Å². The maximum atomic E-state index is 11.6.